The van der Waals surface area contributed by atoms with Gasteiger partial charge in [-0.2, -0.15) is 0 Å². The molecule has 0 bridgehead atoms. The number of carbonyl (C=O) groups excluding carboxylic acids is 2. The third-order valence-electron chi connectivity index (χ3n) is 2.89. The molecule has 0 aromatic heterocycles. The van der Waals surface area contributed by atoms with Crippen LogP contribution in [0.15, 0.2) is 0 Å². The van der Waals surface area contributed by atoms with Crippen molar-refractivity contribution in [1.29, 1.82) is 0 Å². The SMILES string of the molecule is C.C.C.C.COCCOC(=O)C(CC(C)OCCO)C(C)C(=O)[O-].[Na+]. The summed E-state index contributed by atoms with van der Waals surface area (Å²) < 4.78 is 14.9. The third kappa shape index (κ3) is 18.4. The fourth-order valence-corrected chi connectivity index (χ4v) is 1.68. The molecule has 0 fully saturated rings. The standard InChI is InChI=1S/C13H24O7.4CH4.Na/c1-9(19-5-4-14)8-11(10(2)12(15)16)13(17)20-7-6-18-3;;;;;/h9-11,14H,4-8H2,1-3H3,(H,15,16);4*1H4;/q;;;;;+1/p-1. The van der Waals surface area contributed by atoms with Gasteiger partial charge in [-0.3, -0.25) is 4.79 Å². The summed E-state index contributed by atoms with van der Waals surface area (Å²) in [5.74, 6) is -3.76. The number of methoxy groups -OCH3 is 1. The molecule has 1 N–H and O–H groups in total. The molecule has 0 aliphatic rings. The maximum absolute atomic E-state index is 11.9. The van der Waals surface area contributed by atoms with E-state index in [2.05, 4.69) is 0 Å². The number of aliphatic hydroxyl groups excluding tert-OH is 1. The van der Waals surface area contributed by atoms with Crippen molar-refractivity contribution in [3.8, 4) is 0 Å². The number of ether oxygens (including phenoxy) is 3. The topological polar surface area (TPSA) is 105 Å². The molecule has 25 heavy (non-hydrogen) atoms. The molecule has 150 valence electrons. The van der Waals surface area contributed by atoms with Crippen molar-refractivity contribution in [2.45, 2.75) is 56.1 Å². The minimum Gasteiger partial charge on any atom is -0.550 e. The van der Waals surface area contributed by atoms with Gasteiger partial charge in [0.05, 0.1) is 31.8 Å². The van der Waals surface area contributed by atoms with Gasteiger partial charge in [0.15, 0.2) is 0 Å². The second kappa shape index (κ2) is 23.8. The maximum Gasteiger partial charge on any atom is 1.00 e. The molecule has 8 heteroatoms. The van der Waals surface area contributed by atoms with Crippen LogP contribution in [-0.4, -0.2) is 56.7 Å². The van der Waals surface area contributed by atoms with Crippen LogP contribution in [0.25, 0.3) is 0 Å². The zero-order valence-electron chi connectivity index (χ0n) is 13.2. The van der Waals surface area contributed by atoms with Crippen molar-refractivity contribution in [3.63, 3.8) is 0 Å². The second-order valence-electron chi connectivity index (χ2n) is 4.52. The van der Waals surface area contributed by atoms with Gasteiger partial charge in [-0.1, -0.05) is 36.6 Å². The summed E-state index contributed by atoms with van der Waals surface area (Å²) >= 11 is 0. The molecule has 0 amide bonds. The fraction of sp³-hybridized carbons (Fsp3) is 0.882. The minimum absolute atomic E-state index is 0. The number of rotatable bonds is 11. The average Bonchev–Trinajstić information content (AvgIpc) is 2.41. The molecule has 0 aliphatic carbocycles. The van der Waals surface area contributed by atoms with E-state index in [1.165, 1.54) is 14.0 Å². The van der Waals surface area contributed by atoms with Crippen LogP contribution in [0, 0.1) is 11.8 Å². The summed E-state index contributed by atoms with van der Waals surface area (Å²) in [6.45, 7) is 3.41. The molecule has 0 aromatic carbocycles. The van der Waals surface area contributed by atoms with Gasteiger partial charge in [0.2, 0.25) is 0 Å². The van der Waals surface area contributed by atoms with Gasteiger partial charge < -0.3 is 29.2 Å². The number of carboxylic acids is 1. The van der Waals surface area contributed by atoms with E-state index in [0.717, 1.165) is 0 Å². The van der Waals surface area contributed by atoms with Gasteiger partial charge in [-0.05, 0) is 13.3 Å². The predicted octanol–water partition coefficient (Wildman–Crippen LogP) is -1.49. The minimum atomic E-state index is -1.31. The average molecular weight is 378 g/mol. The van der Waals surface area contributed by atoms with Gasteiger partial charge in [0, 0.05) is 19.0 Å². The molecule has 0 aliphatic heterocycles. The molecule has 0 saturated heterocycles. The zero-order valence-corrected chi connectivity index (χ0v) is 15.2. The van der Waals surface area contributed by atoms with E-state index in [-0.39, 0.29) is 98.2 Å². The molecule has 0 aromatic rings. The molecule has 0 radical (unpaired) electrons. The van der Waals surface area contributed by atoms with Gasteiger partial charge in [-0.15, -0.1) is 0 Å². The van der Waals surface area contributed by atoms with Crippen molar-refractivity contribution in [2.24, 2.45) is 11.8 Å². The molecule has 3 atom stereocenters. The number of hydrogen-bond donors (Lipinski definition) is 1. The second-order valence-corrected chi connectivity index (χ2v) is 4.52. The molecule has 7 nitrogen and oxygen atoms in total. The van der Waals surface area contributed by atoms with Gasteiger partial charge in [0.25, 0.3) is 0 Å². The van der Waals surface area contributed by atoms with E-state index in [4.69, 9.17) is 19.3 Å². The Morgan fingerprint density at radius 1 is 1.04 bits per heavy atom. The Kier molecular flexibility index (Phi) is 37.9. The first-order valence-corrected chi connectivity index (χ1v) is 6.52. The zero-order chi connectivity index (χ0) is 15.5. The van der Waals surface area contributed by atoms with E-state index < -0.39 is 23.8 Å². The fourth-order valence-electron chi connectivity index (χ4n) is 1.68. The Balaban J connectivity index is -0.000000180. The Hall–Kier alpha value is -0.180. The van der Waals surface area contributed by atoms with Crippen LogP contribution in [0.3, 0.4) is 0 Å². The monoisotopic (exact) mass is 378 g/mol. The van der Waals surface area contributed by atoms with E-state index in [1.807, 2.05) is 0 Å². The van der Waals surface area contributed by atoms with Crippen LogP contribution in [0.5, 0.6) is 0 Å². The molecule has 0 rings (SSSR count). The van der Waals surface area contributed by atoms with Crippen LogP contribution >= 0.6 is 0 Å². The maximum atomic E-state index is 11.9. The van der Waals surface area contributed by atoms with Crippen LogP contribution in [0.4, 0.5) is 0 Å². The van der Waals surface area contributed by atoms with E-state index >= 15 is 0 Å². The summed E-state index contributed by atoms with van der Waals surface area (Å²) in [7, 11) is 1.47. The van der Waals surface area contributed by atoms with E-state index in [9.17, 15) is 14.7 Å². The summed E-state index contributed by atoms with van der Waals surface area (Å²) in [6, 6.07) is 0. The third-order valence-corrected chi connectivity index (χ3v) is 2.89. The Morgan fingerprint density at radius 2 is 1.56 bits per heavy atom. The number of aliphatic hydroxyl groups is 1. The largest absolute Gasteiger partial charge is 1.00 e. The predicted molar refractivity (Wildman–Crippen MR) is 94.5 cm³/mol. The quantitative estimate of drug-likeness (QED) is 0.265. The molecule has 0 spiro atoms. The van der Waals surface area contributed by atoms with Crippen molar-refractivity contribution in [1.82, 2.24) is 0 Å². The van der Waals surface area contributed by atoms with Crippen molar-refractivity contribution in [2.75, 3.05) is 33.5 Å². The van der Waals surface area contributed by atoms with Crippen molar-refractivity contribution < 1.29 is 63.6 Å². The summed E-state index contributed by atoms with van der Waals surface area (Å²) in [4.78, 5) is 22.8. The van der Waals surface area contributed by atoms with Crippen molar-refractivity contribution >= 4 is 11.9 Å². The molecule has 3 unspecified atom stereocenters. The summed E-state index contributed by atoms with van der Waals surface area (Å²) in [5, 5.41) is 19.6. The van der Waals surface area contributed by atoms with Crippen LogP contribution in [0.2, 0.25) is 0 Å². The number of esters is 1. The summed E-state index contributed by atoms with van der Waals surface area (Å²) in [5.41, 5.74) is 0. The van der Waals surface area contributed by atoms with E-state index in [1.54, 1.807) is 6.92 Å². The molecular formula is C17H39NaO7. The van der Waals surface area contributed by atoms with Crippen LogP contribution in [0.1, 0.15) is 50.0 Å². The van der Waals surface area contributed by atoms with Gasteiger partial charge in [0.1, 0.15) is 6.61 Å². The van der Waals surface area contributed by atoms with E-state index in [0.29, 0.717) is 0 Å². The Labute approximate surface area is 176 Å². The molecule has 0 heterocycles. The Bertz CT molecular complexity index is 301. The number of aliphatic carboxylic acids is 1. The van der Waals surface area contributed by atoms with Gasteiger partial charge in [-0.25, -0.2) is 0 Å². The first-order chi connectivity index (χ1) is 9.43. The number of hydrogen-bond acceptors (Lipinski definition) is 7. The van der Waals surface area contributed by atoms with Crippen molar-refractivity contribution in [3.05, 3.63) is 0 Å². The normalized spacial score (nSPS) is 12.3. The smallest absolute Gasteiger partial charge is 0.550 e. The molecule has 0 saturated carbocycles. The Morgan fingerprint density at radius 3 is 1.96 bits per heavy atom. The first-order valence-electron chi connectivity index (χ1n) is 6.52. The number of carboxylic acid groups (broad SMARTS) is 1. The number of carbonyl (C=O) groups is 2. The van der Waals surface area contributed by atoms with Crippen LogP contribution < -0.4 is 34.7 Å². The summed E-state index contributed by atoms with van der Waals surface area (Å²) in [6.07, 6.45) is -0.190. The van der Waals surface area contributed by atoms with Gasteiger partial charge >= 0.3 is 35.5 Å². The molecular weight excluding hydrogens is 339 g/mol. The first kappa shape index (κ1) is 39.8. The van der Waals surface area contributed by atoms with Crippen LogP contribution in [-0.2, 0) is 23.8 Å².